The summed E-state index contributed by atoms with van der Waals surface area (Å²) in [6.45, 7) is 0. The highest BCUT2D eigenvalue weighted by atomic mass is 79.9. The van der Waals surface area contributed by atoms with Crippen LogP contribution in [0.4, 0.5) is 24.8 Å². The van der Waals surface area contributed by atoms with Crippen LogP contribution >= 0.6 is 15.9 Å². The molecular weight excluding hydrogens is 455 g/mol. The molecule has 1 aromatic heterocycles. The molecule has 150 valence electrons. The molecule has 0 radical (unpaired) electrons. The highest BCUT2D eigenvalue weighted by molar-refractivity contribution is 9.10. The minimum atomic E-state index is -4.42. The molecule has 0 fully saturated rings. The number of rotatable bonds is 5. The Bertz CT molecular complexity index is 1030. The molecule has 0 aliphatic carbocycles. The number of methoxy groups -OCH3 is 1. The zero-order valence-electron chi connectivity index (χ0n) is 14.8. The first kappa shape index (κ1) is 20.6. The van der Waals surface area contributed by atoms with E-state index in [9.17, 15) is 18.0 Å². The molecule has 0 saturated heterocycles. The molecule has 10 heteroatoms. The van der Waals surface area contributed by atoms with E-state index in [0.717, 1.165) is 12.1 Å². The normalized spacial score (nSPS) is 11.1. The van der Waals surface area contributed by atoms with Gasteiger partial charge in [0, 0.05) is 5.69 Å². The monoisotopic (exact) mass is 467 g/mol. The first-order chi connectivity index (χ1) is 13.8. The van der Waals surface area contributed by atoms with Crippen LogP contribution in [0.2, 0.25) is 0 Å². The van der Waals surface area contributed by atoms with Gasteiger partial charge in [-0.1, -0.05) is 12.1 Å². The molecule has 0 atom stereocenters. The Morgan fingerprint density at radius 2 is 1.79 bits per heavy atom. The number of alkyl halides is 3. The van der Waals surface area contributed by atoms with Crippen molar-refractivity contribution in [1.82, 2.24) is 9.97 Å². The molecule has 1 heterocycles. The minimum Gasteiger partial charge on any atom is -0.465 e. The van der Waals surface area contributed by atoms with Gasteiger partial charge < -0.3 is 14.8 Å². The van der Waals surface area contributed by atoms with Crippen molar-refractivity contribution in [2.45, 2.75) is 6.18 Å². The number of hydrogen-bond donors (Lipinski definition) is 1. The lowest BCUT2D eigenvalue weighted by molar-refractivity contribution is -0.137. The van der Waals surface area contributed by atoms with Crippen LogP contribution in [0, 0.1) is 0 Å². The summed E-state index contributed by atoms with van der Waals surface area (Å²) in [7, 11) is 1.26. The minimum absolute atomic E-state index is 0.0958. The predicted octanol–water partition coefficient (Wildman–Crippen LogP) is 5.58. The maximum absolute atomic E-state index is 12.7. The summed E-state index contributed by atoms with van der Waals surface area (Å²) in [4.78, 5) is 20.1. The number of benzene rings is 2. The second kappa shape index (κ2) is 8.48. The van der Waals surface area contributed by atoms with Crippen molar-refractivity contribution in [3.63, 3.8) is 0 Å². The molecule has 6 nitrogen and oxygen atoms in total. The highest BCUT2D eigenvalue weighted by Gasteiger charge is 2.30. The van der Waals surface area contributed by atoms with Crippen LogP contribution in [-0.2, 0) is 10.9 Å². The summed E-state index contributed by atoms with van der Waals surface area (Å²) in [5, 5.41) is 2.80. The summed E-state index contributed by atoms with van der Waals surface area (Å²) in [6.07, 6.45) is -3.00. The molecule has 2 aromatic carbocycles. The van der Waals surface area contributed by atoms with E-state index >= 15 is 0 Å². The molecule has 0 aliphatic rings. The Morgan fingerprint density at radius 1 is 1.10 bits per heavy atom. The first-order valence-corrected chi connectivity index (χ1v) is 8.89. The van der Waals surface area contributed by atoms with E-state index in [4.69, 9.17) is 9.47 Å². The molecule has 29 heavy (non-hydrogen) atoms. The van der Waals surface area contributed by atoms with E-state index in [2.05, 4.69) is 31.2 Å². The van der Waals surface area contributed by atoms with Crippen molar-refractivity contribution < 1.29 is 27.4 Å². The molecule has 3 aromatic rings. The Balaban J connectivity index is 1.83. The van der Waals surface area contributed by atoms with Crippen molar-refractivity contribution in [2.75, 3.05) is 12.4 Å². The van der Waals surface area contributed by atoms with Gasteiger partial charge in [-0.3, -0.25) is 0 Å². The van der Waals surface area contributed by atoms with Gasteiger partial charge in [0.15, 0.2) is 0 Å². The quantitative estimate of drug-likeness (QED) is 0.493. The van der Waals surface area contributed by atoms with Crippen molar-refractivity contribution in [3.8, 4) is 11.6 Å². The van der Waals surface area contributed by atoms with E-state index in [0.29, 0.717) is 10.2 Å². The van der Waals surface area contributed by atoms with Crippen molar-refractivity contribution in [1.29, 1.82) is 0 Å². The van der Waals surface area contributed by atoms with Crippen LogP contribution in [0.3, 0.4) is 0 Å². The number of nitrogens with zero attached hydrogens (tertiary/aromatic N) is 2. The lowest BCUT2D eigenvalue weighted by Gasteiger charge is -2.12. The van der Waals surface area contributed by atoms with Gasteiger partial charge in [0.1, 0.15) is 11.3 Å². The summed E-state index contributed by atoms with van der Waals surface area (Å²) < 4.78 is 48.9. The fraction of sp³-hybridized carbons (Fsp3) is 0.105. The second-order valence-corrected chi connectivity index (χ2v) is 6.49. The largest absolute Gasteiger partial charge is 0.465 e. The van der Waals surface area contributed by atoms with E-state index in [1.54, 1.807) is 18.2 Å². The van der Waals surface area contributed by atoms with Crippen LogP contribution < -0.4 is 10.1 Å². The van der Waals surface area contributed by atoms with Gasteiger partial charge in [0.25, 0.3) is 0 Å². The zero-order valence-corrected chi connectivity index (χ0v) is 16.4. The highest BCUT2D eigenvalue weighted by Crippen LogP contribution is 2.32. The first-order valence-electron chi connectivity index (χ1n) is 8.10. The average Bonchev–Trinajstić information content (AvgIpc) is 2.70. The number of para-hydroxylation sites is 1. The number of anilines is 2. The molecule has 0 saturated carbocycles. The standard InChI is InChI=1S/C19H13BrF3N3O3/c1-28-17(27)13-4-2-3-5-15(13)29-16-14(20)10-24-18(26-16)25-12-8-6-11(7-9-12)19(21,22)23/h2-10H,1H3,(H,24,25,26). The Kier molecular flexibility index (Phi) is 6.02. The van der Waals surface area contributed by atoms with Gasteiger partial charge in [-0.2, -0.15) is 18.2 Å². The van der Waals surface area contributed by atoms with Crippen LogP contribution in [0.5, 0.6) is 11.6 Å². The van der Waals surface area contributed by atoms with Gasteiger partial charge in [-0.15, -0.1) is 0 Å². The maximum Gasteiger partial charge on any atom is 0.416 e. The molecule has 1 N–H and O–H groups in total. The summed E-state index contributed by atoms with van der Waals surface area (Å²) in [6, 6.07) is 10.9. The zero-order chi connectivity index (χ0) is 21.0. The second-order valence-electron chi connectivity index (χ2n) is 5.64. The third kappa shape index (κ3) is 5.02. The molecule has 3 rings (SSSR count). The summed E-state index contributed by atoms with van der Waals surface area (Å²) in [5.41, 5.74) is -0.192. The number of halogens is 4. The summed E-state index contributed by atoms with van der Waals surface area (Å²) >= 11 is 3.26. The molecule has 0 aliphatic heterocycles. The SMILES string of the molecule is COC(=O)c1ccccc1Oc1nc(Nc2ccc(C(F)(F)F)cc2)ncc1Br. The Hall–Kier alpha value is -3.14. The van der Waals surface area contributed by atoms with Crippen LogP contribution in [0.15, 0.2) is 59.2 Å². The molecule has 0 spiro atoms. The average molecular weight is 468 g/mol. The maximum atomic E-state index is 12.7. The number of aromatic nitrogens is 2. The van der Waals surface area contributed by atoms with Crippen LogP contribution in [0.25, 0.3) is 0 Å². The van der Waals surface area contributed by atoms with E-state index in [1.165, 1.54) is 31.5 Å². The topological polar surface area (TPSA) is 73.3 Å². The molecular formula is C19H13BrF3N3O3. The Labute approximate surface area is 171 Å². The number of carbonyl (C=O) groups is 1. The third-order valence-electron chi connectivity index (χ3n) is 3.68. The fourth-order valence-electron chi connectivity index (χ4n) is 2.29. The van der Waals surface area contributed by atoms with Crippen LogP contribution in [-0.4, -0.2) is 23.0 Å². The van der Waals surface area contributed by atoms with E-state index in [-0.39, 0.29) is 23.1 Å². The van der Waals surface area contributed by atoms with Gasteiger partial charge >= 0.3 is 12.1 Å². The van der Waals surface area contributed by atoms with E-state index in [1.807, 2.05) is 0 Å². The molecule has 0 amide bonds. The van der Waals surface area contributed by atoms with Crippen molar-refractivity contribution in [3.05, 3.63) is 70.3 Å². The van der Waals surface area contributed by atoms with E-state index < -0.39 is 17.7 Å². The number of esters is 1. The lowest BCUT2D eigenvalue weighted by Crippen LogP contribution is -2.05. The smallest absolute Gasteiger partial charge is 0.416 e. The summed E-state index contributed by atoms with van der Waals surface area (Å²) in [5.74, 6) is -0.155. The van der Waals surface area contributed by atoms with Gasteiger partial charge in [0.2, 0.25) is 11.8 Å². The van der Waals surface area contributed by atoms with Crippen molar-refractivity contribution in [2.24, 2.45) is 0 Å². The number of ether oxygens (including phenoxy) is 2. The lowest BCUT2D eigenvalue weighted by atomic mass is 10.2. The number of carbonyl (C=O) groups excluding carboxylic acids is 1. The van der Waals surface area contributed by atoms with Gasteiger partial charge in [0.05, 0.1) is 23.3 Å². The third-order valence-corrected chi connectivity index (χ3v) is 4.22. The fourth-order valence-corrected chi connectivity index (χ4v) is 2.57. The van der Waals surface area contributed by atoms with Gasteiger partial charge in [-0.05, 0) is 52.3 Å². The molecule has 0 unspecified atom stereocenters. The number of nitrogens with one attached hydrogen (secondary N) is 1. The van der Waals surface area contributed by atoms with Crippen LogP contribution in [0.1, 0.15) is 15.9 Å². The molecule has 0 bridgehead atoms. The van der Waals surface area contributed by atoms with Gasteiger partial charge in [-0.25, -0.2) is 9.78 Å². The predicted molar refractivity (Wildman–Crippen MR) is 102 cm³/mol. The Morgan fingerprint density at radius 3 is 2.45 bits per heavy atom. The number of hydrogen-bond acceptors (Lipinski definition) is 6. The van der Waals surface area contributed by atoms with Crippen molar-refractivity contribution >= 4 is 33.5 Å².